The van der Waals surface area contributed by atoms with Crippen molar-refractivity contribution in [3.63, 3.8) is 0 Å². The van der Waals surface area contributed by atoms with Crippen molar-refractivity contribution in [1.29, 1.82) is 0 Å². The maximum Gasteiger partial charge on any atom is 0.176 e. The second kappa shape index (κ2) is 8.55. The number of fused-ring (bicyclic) bond motifs is 1. The highest BCUT2D eigenvalue weighted by Gasteiger charge is 2.10. The molecule has 0 saturated carbocycles. The molecule has 1 aliphatic rings. The number of nitrogens with one attached hydrogen (secondary N) is 1. The van der Waals surface area contributed by atoms with Gasteiger partial charge in [0.05, 0.1) is 12.4 Å². The lowest BCUT2D eigenvalue weighted by Gasteiger charge is -2.25. The summed E-state index contributed by atoms with van der Waals surface area (Å²) in [4.78, 5) is 2.51. The highest BCUT2D eigenvalue weighted by Crippen LogP contribution is 2.19. The topological polar surface area (TPSA) is 53.4 Å². The van der Waals surface area contributed by atoms with Crippen molar-refractivity contribution in [2.45, 2.75) is 32.6 Å². The van der Waals surface area contributed by atoms with Crippen LogP contribution in [0.5, 0.6) is 0 Å². The number of nitrogens with zero attached hydrogens (tertiary/aromatic N) is 4. The lowest BCUT2D eigenvalue weighted by Crippen LogP contribution is -2.31. The minimum atomic E-state index is 0.695. The van der Waals surface area contributed by atoms with E-state index in [1.807, 2.05) is 30.5 Å². The van der Waals surface area contributed by atoms with Gasteiger partial charge in [0.1, 0.15) is 0 Å². The molecule has 5 nitrogen and oxygen atoms in total. The van der Waals surface area contributed by atoms with Crippen molar-refractivity contribution in [2.24, 2.45) is 5.10 Å². The van der Waals surface area contributed by atoms with Crippen molar-refractivity contribution in [2.75, 3.05) is 25.1 Å². The molecule has 0 aliphatic carbocycles. The number of aromatic nitrogens is 2. The van der Waals surface area contributed by atoms with Gasteiger partial charge in [0.2, 0.25) is 0 Å². The van der Waals surface area contributed by atoms with Gasteiger partial charge < -0.3 is 0 Å². The number of benzene rings is 1. The number of hydrogen-bond acceptors (Lipinski definition) is 5. The van der Waals surface area contributed by atoms with Crippen molar-refractivity contribution in [3.05, 3.63) is 42.1 Å². The smallest absolute Gasteiger partial charge is 0.176 e. The van der Waals surface area contributed by atoms with Crippen LogP contribution < -0.4 is 5.43 Å². The molecule has 2 heterocycles. The van der Waals surface area contributed by atoms with Crippen LogP contribution in [0.4, 0.5) is 5.82 Å². The molecule has 1 aliphatic heterocycles. The average molecular weight is 323 g/mol. The summed E-state index contributed by atoms with van der Waals surface area (Å²) in [7, 11) is 0. The Morgan fingerprint density at radius 2 is 2.21 bits per heavy atom. The van der Waals surface area contributed by atoms with E-state index in [4.69, 9.17) is 0 Å². The van der Waals surface area contributed by atoms with Crippen LogP contribution >= 0.6 is 0 Å². The lowest BCUT2D eigenvalue weighted by molar-refractivity contribution is 0.288. The van der Waals surface area contributed by atoms with Crippen molar-refractivity contribution >= 4 is 22.8 Å². The van der Waals surface area contributed by atoms with E-state index >= 15 is 0 Å². The standard InChI is InChI=1S/C19H25N5/c1-2-3-6-11-24-12-7-8-16(15-24)13-20-22-19-18-10-5-4-9-17(18)14-21-23-19/h4-5,8-10,13-14H,2-3,6-7,11-12,15H2,1H3,(H,22,23)/b20-13+. The molecule has 0 radical (unpaired) electrons. The van der Waals surface area contributed by atoms with Crippen LogP contribution in [-0.2, 0) is 0 Å². The minimum absolute atomic E-state index is 0.695. The van der Waals surface area contributed by atoms with Crippen LogP contribution in [0.15, 0.2) is 47.2 Å². The summed E-state index contributed by atoms with van der Waals surface area (Å²) in [5.41, 5.74) is 4.30. The third-order valence-corrected chi connectivity index (χ3v) is 4.31. The zero-order valence-corrected chi connectivity index (χ0v) is 14.3. The monoisotopic (exact) mass is 323 g/mol. The SMILES string of the molecule is CCCCCN1CCC=C(/C=N/Nc2nncc3ccccc23)C1. The Balaban J connectivity index is 1.58. The van der Waals surface area contributed by atoms with Crippen LogP contribution in [-0.4, -0.2) is 40.9 Å². The summed E-state index contributed by atoms with van der Waals surface area (Å²) in [5.74, 6) is 0.695. The van der Waals surface area contributed by atoms with E-state index in [2.05, 4.69) is 38.6 Å². The van der Waals surface area contributed by atoms with Crippen LogP contribution in [0, 0.1) is 0 Å². The fraction of sp³-hybridized carbons (Fsp3) is 0.421. The van der Waals surface area contributed by atoms with Gasteiger partial charge in [0.25, 0.3) is 0 Å². The van der Waals surface area contributed by atoms with Gasteiger partial charge in [-0.3, -0.25) is 10.3 Å². The molecule has 0 atom stereocenters. The van der Waals surface area contributed by atoms with Gasteiger partial charge in [-0.2, -0.15) is 10.2 Å². The maximum absolute atomic E-state index is 4.37. The van der Waals surface area contributed by atoms with Gasteiger partial charge in [0.15, 0.2) is 5.82 Å². The number of anilines is 1. The van der Waals surface area contributed by atoms with E-state index in [1.54, 1.807) is 6.20 Å². The van der Waals surface area contributed by atoms with Gasteiger partial charge in [0, 0.05) is 23.9 Å². The molecule has 5 heteroatoms. The van der Waals surface area contributed by atoms with E-state index in [0.717, 1.165) is 30.3 Å². The Morgan fingerprint density at radius 3 is 3.12 bits per heavy atom. The van der Waals surface area contributed by atoms with Crippen molar-refractivity contribution in [1.82, 2.24) is 15.1 Å². The summed E-state index contributed by atoms with van der Waals surface area (Å²) >= 11 is 0. The summed E-state index contributed by atoms with van der Waals surface area (Å²) in [6, 6.07) is 8.04. The van der Waals surface area contributed by atoms with Crippen LogP contribution in [0.2, 0.25) is 0 Å². The normalized spacial score (nSPS) is 15.8. The van der Waals surface area contributed by atoms with Gasteiger partial charge in [-0.05, 0) is 25.0 Å². The number of unbranched alkanes of at least 4 members (excludes halogenated alkanes) is 2. The lowest BCUT2D eigenvalue weighted by atomic mass is 10.1. The number of hydrazone groups is 1. The Bertz CT molecular complexity index is 717. The van der Waals surface area contributed by atoms with Gasteiger partial charge >= 0.3 is 0 Å². The predicted octanol–water partition coefficient (Wildman–Crippen LogP) is 3.85. The second-order valence-corrected chi connectivity index (χ2v) is 6.20. The molecule has 0 saturated heterocycles. The van der Waals surface area contributed by atoms with E-state index in [-0.39, 0.29) is 0 Å². The molecular weight excluding hydrogens is 298 g/mol. The quantitative estimate of drug-likeness (QED) is 0.478. The molecule has 2 aromatic rings. The Kier molecular flexibility index (Phi) is 5.90. The first kappa shape index (κ1) is 16.6. The summed E-state index contributed by atoms with van der Waals surface area (Å²) in [6.07, 6.45) is 10.9. The Hall–Kier alpha value is -2.27. The molecule has 3 rings (SSSR count). The Morgan fingerprint density at radius 1 is 1.29 bits per heavy atom. The molecule has 0 fully saturated rings. The van der Waals surface area contributed by atoms with Crippen molar-refractivity contribution < 1.29 is 0 Å². The minimum Gasteiger partial charge on any atom is -0.299 e. The molecule has 1 aromatic carbocycles. The molecule has 126 valence electrons. The predicted molar refractivity (Wildman–Crippen MR) is 100 cm³/mol. The second-order valence-electron chi connectivity index (χ2n) is 6.20. The molecular formula is C19H25N5. The molecule has 0 spiro atoms. The highest BCUT2D eigenvalue weighted by atomic mass is 15.3. The molecule has 1 aromatic heterocycles. The van der Waals surface area contributed by atoms with E-state index in [0.29, 0.717) is 5.82 Å². The zero-order valence-electron chi connectivity index (χ0n) is 14.3. The number of hydrogen-bond donors (Lipinski definition) is 1. The van der Waals surface area contributed by atoms with Crippen LogP contribution in [0.3, 0.4) is 0 Å². The Labute approximate surface area is 143 Å². The highest BCUT2D eigenvalue weighted by molar-refractivity contribution is 5.91. The number of rotatable bonds is 7. The first-order valence-electron chi connectivity index (χ1n) is 8.77. The van der Waals surface area contributed by atoms with Gasteiger partial charge in [-0.15, -0.1) is 5.10 Å². The summed E-state index contributed by atoms with van der Waals surface area (Å²) in [6.45, 7) is 5.57. The fourth-order valence-corrected chi connectivity index (χ4v) is 2.99. The summed E-state index contributed by atoms with van der Waals surface area (Å²) < 4.78 is 0. The molecule has 0 amide bonds. The molecule has 24 heavy (non-hydrogen) atoms. The van der Waals surface area contributed by atoms with E-state index in [9.17, 15) is 0 Å². The fourth-order valence-electron chi connectivity index (χ4n) is 2.99. The van der Waals surface area contributed by atoms with E-state index < -0.39 is 0 Å². The van der Waals surface area contributed by atoms with Gasteiger partial charge in [-0.1, -0.05) is 50.1 Å². The van der Waals surface area contributed by atoms with E-state index in [1.165, 1.54) is 31.4 Å². The maximum atomic E-state index is 4.37. The third kappa shape index (κ3) is 4.38. The van der Waals surface area contributed by atoms with Crippen LogP contribution in [0.1, 0.15) is 32.6 Å². The molecule has 1 N–H and O–H groups in total. The molecule has 0 bridgehead atoms. The summed E-state index contributed by atoms with van der Waals surface area (Å²) in [5, 5.41) is 14.6. The van der Waals surface area contributed by atoms with Crippen molar-refractivity contribution in [3.8, 4) is 0 Å². The zero-order chi connectivity index (χ0) is 16.6. The largest absolute Gasteiger partial charge is 0.299 e. The first-order valence-corrected chi connectivity index (χ1v) is 8.77. The molecule has 0 unspecified atom stereocenters. The third-order valence-electron chi connectivity index (χ3n) is 4.31. The van der Waals surface area contributed by atoms with Gasteiger partial charge in [-0.25, -0.2) is 0 Å². The average Bonchev–Trinajstić information content (AvgIpc) is 2.63. The first-order chi connectivity index (χ1) is 11.9. The van der Waals surface area contributed by atoms with Crippen LogP contribution in [0.25, 0.3) is 10.8 Å².